The standard InChI is InChI=1S/C25H21N5O2S/c26-11-20-22(17-6-8-19(9-7-17)32-13-15-4-5-15)21(12-27)25(30-23(20)28)33-14-16-2-1-3-18(10-16)24(29)31/h1-3,6-10,15H,4-5,13-14H2,(H2,28,30)(H2,29,31). The second-order valence-electron chi connectivity index (χ2n) is 7.78. The molecule has 7 nitrogen and oxygen atoms in total. The summed E-state index contributed by atoms with van der Waals surface area (Å²) < 4.78 is 5.79. The molecule has 1 saturated carbocycles. The Bertz CT molecular complexity index is 1290. The molecule has 0 bridgehead atoms. The second-order valence-corrected chi connectivity index (χ2v) is 8.75. The monoisotopic (exact) mass is 455 g/mol. The first-order valence-corrected chi connectivity index (χ1v) is 11.4. The molecule has 2 aromatic carbocycles. The third-order valence-corrected chi connectivity index (χ3v) is 6.37. The maximum Gasteiger partial charge on any atom is 0.248 e. The van der Waals surface area contributed by atoms with Gasteiger partial charge in [0.05, 0.1) is 12.2 Å². The van der Waals surface area contributed by atoms with E-state index in [9.17, 15) is 15.3 Å². The van der Waals surface area contributed by atoms with Crippen LogP contribution >= 0.6 is 11.8 Å². The Morgan fingerprint density at radius 3 is 2.48 bits per heavy atom. The quantitative estimate of drug-likeness (QED) is 0.484. The normalized spacial score (nSPS) is 12.5. The third-order valence-electron chi connectivity index (χ3n) is 5.33. The molecular formula is C25H21N5O2S. The van der Waals surface area contributed by atoms with E-state index in [1.807, 2.05) is 30.3 Å². The van der Waals surface area contributed by atoms with E-state index in [0.29, 0.717) is 40.0 Å². The molecule has 0 radical (unpaired) electrons. The molecule has 0 aliphatic heterocycles. The maximum absolute atomic E-state index is 11.4. The number of benzene rings is 2. The van der Waals surface area contributed by atoms with Crippen molar-refractivity contribution in [1.29, 1.82) is 10.5 Å². The first-order chi connectivity index (χ1) is 16.0. The van der Waals surface area contributed by atoms with Crippen molar-refractivity contribution in [2.45, 2.75) is 23.6 Å². The zero-order chi connectivity index (χ0) is 23.4. The fourth-order valence-electron chi connectivity index (χ4n) is 3.37. The van der Waals surface area contributed by atoms with E-state index < -0.39 is 5.91 Å². The summed E-state index contributed by atoms with van der Waals surface area (Å²) in [6, 6.07) is 18.6. The smallest absolute Gasteiger partial charge is 0.248 e. The van der Waals surface area contributed by atoms with E-state index in [2.05, 4.69) is 17.1 Å². The van der Waals surface area contributed by atoms with Gasteiger partial charge in [-0.15, -0.1) is 11.8 Å². The molecule has 1 heterocycles. The minimum Gasteiger partial charge on any atom is -0.493 e. The third kappa shape index (κ3) is 5.08. The van der Waals surface area contributed by atoms with E-state index in [1.165, 1.54) is 24.6 Å². The van der Waals surface area contributed by atoms with Gasteiger partial charge in [-0.05, 0) is 54.2 Å². The summed E-state index contributed by atoms with van der Waals surface area (Å²) in [4.78, 5) is 15.8. The number of pyridine rings is 1. The van der Waals surface area contributed by atoms with Crippen LogP contribution in [0, 0.1) is 28.6 Å². The zero-order valence-electron chi connectivity index (χ0n) is 17.7. The summed E-state index contributed by atoms with van der Waals surface area (Å²) in [5.41, 5.74) is 14.3. The van der Waals surface area contributed by atoms with Crippen LogP contribution in [0.1, 0.15) is 39.9 Å². The summed E-state index contributed by atoms with van der Waals surface area (Å²) in [6.45, 7) is 0.701. The Balaban J connectivity index is 1.65. The number of carbonyl (C=O) groups excluding carboxylic acids is 1. The molecule has 4 rings (SSSR count). The van der Waals surface area contributed by atoms with Crippen molar-refractivity contribution in [1.82, 2.24) is 4.98 Å². The molecule has 164 valence electrons. The number of thioether (sulfide) groups is 1. The number of nitrogens with two attached hydrogens (primary N) is 2. The number of carbonyl (C=O) groups is 1. The molecule has 4 N–H and O–H groups in total. The summed E-state index contributed by atoms with van der Waals surface area (Å²) in [5, 5.41) is 20.1. The minimum atomic E-state index is -0.507. The van der Waals surface area contributed by atoms with Crippen LogP contribution < -0.4 is 16.2 Å². The molecule has 1 aliphatic rings. The summed E-state index contributed by atoms with van der Waals surface area (Å²) in [5.74, 6) is 1.39. The Morgan fingerprint density at radius 1 is 1.12 bits per heavy atom. The Morgan fingerprint density at radius 2 is 1.85 bits per heavy atom. The van der Waals surface area contributed by atoms with Crippen LogP contribution in [0.2, 0.25) is 0 Å². The van der Waals surface area contributed by atoms with Crippen LogP contribution in [0.5, 0.6) is 5.75 Å². The number of nitriles is 2. The lowest BCUT2D eigenvalue weighted by molar-refractivity contribution is 0.1000. The molecule has 0 atom stereocenters. The van der Waals surface area contributed by atoms with E-state index in [-0.39, 0.29) is 16.9 Å². The number of anilines is 1. The number of hydrogen-bond donors (Lipinski definition) is 2. The highest BCUT2D eigenvalue weighted by Gasteiger charge is 2.23. The van der Waals surface area contributed by atoms with Gasteiger partial charge in [0.25, 0.3) is 0 Å². The molecule has 1 aliphatic carbocycles. The van der Waals surface area contributed by atoms with Gasteiger partial charge in [0, 0.05) is 16.9 Å². The molecular weight excluding hydrogens is 434 g/mol. The van der Waals surface area contributed by atoms with Crippen LogP contribution in [-0.4, -0.2) is 17.5 Å². The number of nitrogen functional groups attached to an aromatic ring is 1. The lowest BCUT2D eigenvalue weighted by Crippen LogP contribution is -2.10. The van der Waals surface area contributed by atoms with E-state index >= 15 is 0 Å². The van der Waals surface area contributed by atoms with Gasteiger partial charge in [0.15, 0.2) is 0 Å². The van der Waals surface area contributed by atoms with Crippen molar-refractivity contribution >= 4 is 23.5 Å². The lowest BCUT2D eigenvalue weighted by atomic mass is 9.97. The van der Waals surface area contributed by atoms with Crippen molar-refractivity contribution in [3.63, 3.8) is 0 Å². The highest BCUT2D eigenvalue weighted by atomic mass is 32.2. The van der Waals surface area contributed by atoms with Crippen molar-refractivity contribution in [3.05, 3.63) is 70.8 Å². The SMILES string of the molecule is N#Cc1c(N)nc(SCc2cccc(C(N)=O)c2)c(C#N)c1-c1ccc(OCC2CC2)cc1. The van der Waals surface area contributed by atoms with Crippen LogP contribution in [-0.2, 0) is 5.75 Å². The van der Waals surface area contributed by atoms with Gasteiger partial charge in [-0.1, -0.05) is 24.3 Å². The summed E-state index contributed by atoms with van der Waals surface area (Å²) in [6.07, 6.45) is 2.41. The zero-order valence-corrected chi connectivity index (χ0v) is 18.6. The predicted molar refractivity (Wildman–Crippen MR) is 126 cm³/mol. The van der Waals surface area contributed by atoms with Gasteiger partial charge in [-0.25, -0.2) is 4.98 Å². The number of nitrogens with zero attached hydrogens (tertiary/aromatic N) is 3. The second kappa shape index (κ2) is 9.64. The average Bonchev–Trinajstić information content (AvgIpc) is 3.66. The maximum atomic E-state index is 11.4. The van der Waals surface area contributed by atoms with Crippen LogP contribution in [0.3, 0.4) is 0 Å². The molecule has 1 fully saturated rings. The Kier molecular flexibility index (Phi) is 6.48. The Labute approximate surface area is 196 Å². The molecule has 0 unspecified atom stereocenters. The topological polar surface area (TPSA) is 139 Å². The van der Waals surface area contributed by atoms with Crippen LogP contribution in [0.4, 0.5) is 5.82 Å². The number of rotatable bonds is 8. The molecule has 0 spiro atoms. The number of amides is 1. The van der Waals surface area contributed by atoms with Gasteiger partial charge >= 0.3 is 0 Å². The van der Waals surface area contributed by atoms with E-state index in [0.717, 1.165) is 11.3 Å². The molecule has 0 saturated heterocycles. The van der Waals surface area contributed by atoms with Gasteiger partial charge in [0.1, 0.15) is 34.3 Å². The minimum absolute atomic E-state index is 0.0638. The van der Waals surface area contributed by atoms with Gasteiger partial charge < -0.3 is 16.2 Å². The molecule has 3 aromatic rings. The first-order valence-electron chi connectivity index (χ1n) is 10.4. The fourth-order valence-corrected chi connectivity index (χ4v) is 4.31. The fraction of sp³-hybridized carbons (Fsp3) is 0.200. The first kappa shape index (κ1) is 22.2. The van der Waals surface area contributed by atoms with Gasteiger partial charge in [-0.3, -0.25) is 4.79 Å². The van der Waals surface area contributed by atoms with Gasteiger partial charge in [0.2, 0.25) is 5.91 Å². The molecule has 33 heavy (non-hydrogen) atoms. The Hall–Kier alpha value is -4.01. The lowest BCUT2D eigenvalue weighted by Gasteiger charge is -2.14. The molecule has 8 heteroatoms. The summed E-state index contributed by atoms with van der Waals surface area (Å²) >= 11 is 1.31. The van der Waals surface area contributed by atoms with Crippen LogP contribution in [0.15, 0.2) is 53.6 Å². The largest absolute Gasteiger partial charge is 0.493 e. The number of hydrogen-bond acceptors (Lipinski definition) is 7. The molecule has 1 aromatic heterocycles. The van der Waals surface area contributed by atoms with Gasteiger partial charge in [-0.2, -0.15) is 10.5 Å². The highest BCUT2D eigenvalue weighted by molar-refractivity contribution is 7.98. The van der Waals surface area contributed by atoms with Crippen molar-refractivity contribution < 1.29 is 9.53 Å². The van der Waals surface area contributed by atoms with Crippen molar-refractivity contribution in [3.8, 4) is 29.0 Å². The average molecular weight is 456 g/mol. The number of ether oxygens (including phenoxy) is 1. The summed E-state index contributed by atoms with van der Waals surface area (Å²) in [7, 11) is 0. The van der Waals surface area contributed by atoms with E-state index in [1.54, 1.807) is 18.2 Å². The number of primary amides is 1. The highest BCUT2D eigenvalue weighted by Crippen LogP contribution is 2.37. The predicted octanol–water partition coefficient (Wildman–Crippen LogP) is 4.25. The van der Waals surface area contributed by atoms with Crippen molar-refractivity contribution in [2.24, 2.45) is 11.7 Å². The number of aromatic nitrogens is 1. The van der Waals surface area contributed by atoms with Crippen molar-refractivity contribution in [2.75, 3.05) is 12.3 Å². The van der Waals surface area contributed by atoms with Crippen LogP contribution in [0.25, 0.3) is 11.1 Å². The molecule has 1 amide bonds. The van der Waals surface area contributed by atoms with E-state index in [4.69, 9.17) is 16.2 Å².